The summed E-state index contributed by atoms with van der Waals surface area (Å²) in [6, 6.07) is 0. The van der Waals surface area contributed by atoms with Gasteiger partial charge in [-0.1, -0.05) is 106 Å². The Morgan fingerprint density at radius 2 is 1.43 bits per heavy atom. The summed E-state index contributed by atoms with van der Waals surface area (Å²) in [5, 5.41) is 0. The Bertz CT molecular complexity index is 294. The lowest BCUT2D eigenvalue weighted by atomic mass is 9.73. The molecule has 138 valence electrons. The van der Waals surface area contributed by atoms with E-state index in [-0.39, 0.29) is 0 Å². The van der Waals surface area contributed by atoms with Crippen molar-refractivity contribution in [2.24, 2.45) is 29.1 Å². The van der Waals surface area contributed by atoms with Crippen LogP contribution in [0.2, 0.25) is 0 Å². The molecule has 0 amide bonds. The van der Waals surface area contributed by atoms with Gasteiger partial charge in [-0.2, -0.15) is 0 Å². The van der Waals surface area contributed by atoms with E-state index in [1.54, 1.807) is 0 Å². The van der Waals surface area contributed by atoms with E-state index in [0.717, 1.165) is 23.7 Å². The first-order chi connectivity index (χ1) is 11.0. The summed E-state index contributed by atoms with van der Waals surface area (Å²) in [4.78, 5) is 0. The zero-order chi connectivity index (χ0) is 17.3. The number of hydrogen-bond donors (Lipinski definition) is 0. The van der Waals surface area contributed by atoms with Crippen molar-refractivity contribution in [1.29, 1.82) is 0 Å². The van der Waals surface area contributed by atoms with E-state index in [4.69, 9.17) is 0 Å². The van der Waals surface area contributed by atoms with Gasteiger partial charge in [0.25, 0.3) is 0 Å². The second kappa shape index (κ2) is 10.8. The molecule has 5 atom stereocenters. The Kier molecular flexibility index (Phi) is 9.86. The van der Waals surface area contributed by atoms with Crippen LogP contribution in [0.25, 0.3) is 0 Å². The van der Waals surface area contributed by atoms with Crippen LogP contribution in [0.5, 0.6) is 0 Å². The van der Waals surface area contributed by atoms with Gasteiger partial charge in [0.2, 0.25) is 0 Å². The summed E-state index contributed by atoms with van der Waals surface area (Å²) in [6.07, 6.45) is 17.3. The van der Waals surface area contributed by atoms with Crippen molar-refractivity contribution in [1.82, 2.24) is 0 Å². The number of unbranched alkanes of at least 4 members (excludes halogenated alkanes) is 4. The van der Waals surface area contributed by atoms with Crippen molar-refractivity contribution in [3.05, 3.63) is 0 Å². The first-order valence-corrected chi connectivity index (χ1v) is 11.0. The van der Waals surface area contributed by atoms with Gasteiger partial charge in [-0.25, -0.2) is 0 Å². The maximum Gasteiger partial charge on any atom is -0.0269 e. The SMILES string of the molecule is CCCCCCCC(CC)C(CC)CC(CCC)C1(C)CC1C. The van der Waals surface area contributed by atoms with Gasteiger partial charge in [0, 0.05) is 0 Å². The molecule has 0 heteroatoms. The summed E-state index contributed by atoms with van der Waals surface area (Å²) in [6.45, 7) is 14.7. The minimum absolute atomic E-state index is 0.683. The van der Waals surface area contributed by atoms with Crippen molar-refractivity contribution < 1.29 is 0 Å². The average molecular weight is 323 g/mol. The molecule has 1 rings (SSSR count). The van der Waals surface area contributed by atoms with E-state index in [2.05, 4.69) is 41.5 Å². The molecule has 0 aromatic carbocycles. The van der Waals surface area contributed by atoms with E-state index in [1.807, 2.05) is 0 Å². The lowest BCUT2D eigenvalue weighted by Gasteiger charge is -2.33. The number of hydrogen-bond acceptors (Lipinski definition) is 0. The fourth-order valence-corrected chi connectivity index (χ4v) is 5.08. The number of rotatable bonds is 14. The summed E-state index contributed by atoms with van der Waals surface area (Å²) in [5.74, 6) is 3.93. The van der Waals surface area contributed by atoms with E-state index < -0.39 is 0 Å². The van der Waals surface area contributed by atoms with Crippen LogP contribution in [0.1, 0.15) is 119 Å². The van der Waals surface area contributed by atoms with Crippen LogP contribution in [-0.4, -0.2) is 0 Å². The molecule has 1 saturated carbocycles. The van der Waals surface area contributed by atoms with Crippen LogP contribution in [-0.2, 0) is 0 Å². The summed E-state index contributed by atoms with van der Waals surface area (Å²) in [5.41, 5.74) is 0.683. The van der Waals surface area contributed by atoms with Crippen LogP contribution >= 0.6 is 0 Å². The molecule has 0 heterocycles. The lowest BCUT2D eigenvalue weighted by molar-refractivity contribution is 0.176. The van der Waals surface area contributed by atoms with Crippen LogP contribution in [0.15, 0.2) is 0 Å². The van der Waals surface area contributed by atoms with E-state index >= 15 is 0 Å². The van der Waals surface area contributed by atoms with Crippen LogP contribution in [0.4, 0.5) is 0 Å². The third-order valence-electron chi connectivity index (χ3n) is 7.26. The first-order valence-electron chi connectivity index (χ1n) is 11.0. The maximum atomic E-state index is 2.58. The Balaban J connectivity index is 2.50. The van der Waals surface area contributed by atoms with Gasteiger partial charge in [-0.3, -0.25) is 0 Å². The van der Waals surface area contributed by atoms with Crippen molar-refractivity contribution in [3.63, 3.8) is 0 Å². The molecular weight excluding hydrogens is 276 g/mol. The van der Waals surface area contributed by atoms with Crippen LogP contribution in [0, 0.1) is 29.1 Å². The molecule has 0 aliphatic heterocycles. The molecule has 0 aromatic heterocycles. The molecule has 1 fully saturated rings. The summed E-state index contributed by atoms with van der Waals surface area (Å²) >= 11 is 0. The van der Waals surface area contributed by atoms with E-state index in [9.17, 15) is 0 Å². The highest BCUT2D eigenvalue weighted by Crippen LogP contribution is 2.60. The molecule has 0 N–H and O–H groups in total. The summed E-state index contributed by atoms with van der Waals surface area (Å²) < 4.78 is 0. The Morgan fingerprint density at radius 3 is 1.91 bits per heavy atom. The van der Waals surface area contributed by atoms with Gasteiger partial charge in [0.1, 0.15) is 0 Å². The zero-order valence-electron chi connectivity index (χ0n) is 17.3. The molecule has 1 aliphatic carbocycles. The molecule has 23 heavy (non-hydrogen) atoms. The quantitative estimate of drug-likeness (QED) is 0.282. The predicted octanol–water partition coefficient (Wildman–Crippen LogP) is 8.25. The summed E-state index contributed by atoms with van der Waals surface area (Å²) in [7, 11) is 0. The van der Waals surface area contributed by atoms with Gasteiger partial charge in [-0.15, -0.1) is 0 Å². The highest BCUT2D eigenvalue weighted by atomic mass is 14.6. The molecule has 5 unspecified atom stereocenters. The fourth-order valence-electron chi connectivity index (χ4n) is 5.08. The van der Waals surface area contributed by atoms with Gasteiger partial charge in [-0.05, 0) is 41.9 Å². The van der Waals surface area contributed by atoms with Gasteiger partial charge in [0.15, 0.2) is 0 Å². The third-order valence-corrected chi connectivity index (χ3v) is 7.26. The zero-order valence-corrected chi connectivity index (χ0v) is 17.3. The Labute approximate surface area is 148 Å². The molecule has 0 nitrogen and oxygen atoms in total. The average Bonchev–Trinajstić information content (AvgIpc) is 3.16. The predicted molar refractivity (Wildman–Crippen MR) is 106 cm³/mol. The highest BCUT2D eigenvalue weighted by Gasteiger charge is 2.51. The van der Waals surface area contributed by atoms with Crippen molar-refractivity contribution in [2.45, 2.75) is 119 Å². The normalized spacial score (nSPS) is 27.7. The van der Waals surface area contributed by atoms with Gasteiger partial charge < -0.3 is 0 Å². The van der Waals surface area contributed by atoms with Crippen molar-refractivity contribution in [3.8, 4) is 0 Å². The van der Waals surface area contributed by atoms with Crippen LogP contribution in [0.3, 0.4) is 0 Å². The van der Waals surface area contributed by atoms with Gasteiger partial charge in [0.05, 0.1) is 0 Å². The molecule has 0 spiro atoms. The van der Waals surface area contributed by atoms with Crippen molar-refractivity contribution >= 4 is 0 Å². The third kappa shape index (κ3) is 6.43. The fraction of sp³-hybridized carbons (Fsp3) is 1.00. The minimum Gasteiger partial charge on any atom is -0.0654 e. The molecule has 0 aromatic rings. The second-order valence-electron chi connectivity index (χ2n) is 8.87. The van der Waals surface area contributed by atoms with Crippen molar-refractivity contribution in [2.75, 3.05) is 0 Å². The first kappa shape index (κ1) is 21.0. The monoisotopic (exact) mass is 322 g/mol. The largest absolute Gasteiger partial charge is 0.0654 e. The second-order valence-corrected chi connectivity index (χ2v) is 8.87. The molecule has 0 radical (unpaired) electrons. The van der Waals surface area contributed by atoms with Crippen LogP contribution < -0.4 is 0 Å². The Morgan fingerprint density at radius 1 is 0.826 bits per heavy atom. The Hall–Kier alpha value is 0. The highest BCUT2D eigenvalue weighted by molar-refractivity contribution is 5.01. The lowest BCUT2D eigenvalue weighted by Crippen LogP contribution is -2.23. The maximum absolute atomic E-state index is 2.58. The minimum atomic E-state index is 0.683. The topological polar surface area (TPSA) is 0 Å². The molecule has 0 bridgehead atoms. The molecular formula is C23H46. The molecule has 0 saturated heterocycles. The standard InChI is InChI=1S/C23H46/c1-7-11-12-13-14-16-20(9-3)21(10-4)17-22(15-8-2)23(6)18-19(23)5/h19-22H,7-18H2,1-6H3. The van der Waals surface area contributed by atoms with E-state index in [0.29, 0.717) is 5.41 Å². The van der Waals surface area contributed by atoms with E-state index in [1.165, 1.54) is 77.0 Å². The molecule has 1 aliphatic rings. The smallest absolute Gasteiger partial charge is 0.0269 e. The van der Waals surface area contributed by atoms with Gasteiger partial charge >= 0.3 is 0 Å².